The van der Waals surface area contributed by atoms with Crippen LogP contribution in [0.1, 0.15) is 13.8 Å². The molecule has 0 bridgehead atoms. The first-order valence-corrected chi connectivity index (χ1v) is 6.48. The van der Waals surface area contributed by atoms with Crippen LogP contribution in [-0.2, 0) is 14.3 Å². The number of carbonyl (C=O) groups is 2. The van der Waals surface area contributed by atoms with Crippen LogP contribution in [-0.4, -0.2) is 66.6 Å². The van der Waals surface area contributed by atoms with Gasteiger partial charge in [-0.25, -0.2) is 4.79 Å². The molecule has 2 aliphatic rings. The van der Waals surface area contributed by atoms with Crippen LogP contribution in [0.15, 0.2) is 0 Å². The van der Waals surface area contributed by atoms with Gasteiger partial charge in [0.1, 0.15) is 5.92 Å². The minimum atomic E-state index is -0.939. The molecule has 2 amide bonds. The molecule has 2 saturated heterocycles. The minimum Gasteiger partial charge on any atom is -0.481 e. The summed E-state index contributed by atoms with van der Waals surface area (Å²) in [7, 11) is 0. The molecule has 4 atom stereocenters. The number of rotatable bonds is 2. The quantitative estimate of drug-likeness (QED) is 0.733. The Morgan fingerprint density at radius 3 is 2.68 bits per heavy atom. The van der Waals surface area contributed by atoms with Crippen LogP contribution in [0.25, 0.3) is 0 Å². The van der Waals surface area contributed by atoms with Crippen molar-refractivity contribution >= 4 is 12.0 Å². The predicted molar refractivity (Wildman–Crippen MR) is 65.8 cm³/mol. The molecule has 0 aromatic rings. The van der Waals surface area contributed by atoms with E-state index in [9.17, 15) is 9.59 Å². The van der Waals surface area contributed by atoms with Gasteiger partial charge < -0.3 is 24.8 Å². The average molecular weight is 272 g/mol. The van der Waals surface area contributed by atoms with Crippen LogP contribution in [0.3, 0.4) is 0 Å². The normalized spacial score (nSPS) is 35.2. The first-order valence-electron chi connectivity index (χ1n) is 6.48. The molecular formula is C12H20N2O5. The Balaban J connectivity index is 1.94. The molecule has 2 heterocycles. The lowest BCUT2D eigenvalue weighted by atomic mass is 10.0. The van der Waals surface area contributed by atoms with Crippen molar-refractivity contribution in [1.82, 2.24) is 10.2 Å². The third-order valence-electron chi connectivity index (χ3n) is 3.58. The topological polar surface area (TPSA) is 88.1 Å². The zero-order chi connectivity index (χ0) is 14.0. The maximum atomic E-state index is 12.2. The maximum Gasteiger partial charge on any atom is 0.318 e. The van der Waals surface area contributed by atoms with E-state index in [0.29, 0.717) is 13.2 Å². The predicted octanol–water partition coefficient (Wildman–Crippen LogP) is -0.0952. The smallest absolute Gasteiger partial charge is 0.318 e. The Kier molecular flexibility index (Phi) is 4.26. The van der Waals surface area contributed by atoms with E-state index in [-0.39, 0.29) is 31.4 Å². The first kappa shape index (κ1) is 14.1. The highest BCUT2D eigenvalue weighted by Gasteiger charge is 2.37. The number of carbonyl (C=O) groups excluding carboxylic acids is 1. The highest BCUT2D eigenvalue weighted by Crippen LogP contribution is 2.16. The van der Waals surface area contributed by atoms with Gasteiger partial charge in [-0.2, -0.15) is 0 Å². The number of carboxylic acid groups (broad SMARTS) is 1. The molecular weight excluding hydrogens is 252 g/mol. The summed E-state index contributed by atoms with van der Waals surface area (Å²) in [6.45, 7) is 5.22. The molecule has 0 aromatic carbocycles. The summed E-state index contributed by atoms with van der Waals surface area (Å²) in [6, 6.07) is -0.721. The van der Waals surface area contributed by atoms with Crippen molar-refractivity contribution in [2.75, 3.05) is 26.4 Å². The standard InChI is InChI=1S/C12H20N2O5/c1-7-4-19-8(2)3-14(7)12(17)13-10-6-18-5-9(10)11(15)16/h7-10H,3-6H2,1-2H3,(H,13,17)(H,15,16). The van der Waals surface area contributed by atoms with Gasteiger partial charge in [0.15, 0.2) is 0 Å². The summed E-state index contributed by atoms with van der Waals surface area (Å²) in [5, 5.41) is 11.8. The van der Waals surface area contributed by atoms with E-state index in [1.807, 2.05) is 13.8 Å². The van der Waals surface area contributed by atoms with Crippen molar-refractivity contribution in [1.29, 1.82) is 0 Å². The van der Waals surface area contributed by atoms with Gasteiger partial charge >= 0.3 is 12.0 Å². The van der Waals surface area contributed by atoms with Crippen molar-refractivity contribution in [2.24, 2.45) is 5.92 Å². The second-order valence-electron chi connectivity index (χ2n) is 5.18. The van der Waals surface area contributed by atoms with Crippen LogP contribution in [0.2, 0.25) is 0 Å². The maximum absolute atomic E-state index is 12.2. The highest BCUT2D eigenvalue weighted by atomic mass is 16.5. The number of urea groups is 1. The largest absolute Gasteiger partial charge is 0.481 e. The van der Waals surface area contributed by atoms with Crippen molar-refractivity contribution in [3.63, 3.8) is 0 Å². The Labute approximate surface area is 111 Å². The Hall–Kier alpha value is -1.34. The Morgan fingerprint density at radius 2 is 2.00 bits per heavy atom. The molecule has 0 aliphatic carbocycles. The van der Waals surface area contributed by atoms with Gasteiger partial charge in [-0.15, -0.1) is 0 Å². The van der Waals surface area contributed by atoms with E-state index in [0.717, 1.165) is 0 Å². The van der Waals surface area contributed by atoms with Gasteiger partial charge in [0.2, 0.25) is 0 Å². The minimum absolute atomic E-state index is 0.00273. The lowest BCUT2D eigenvalue weighted by Crippen LogP contribution is -2.56. The van der Waals surface area contributed by atoms with Gasteiger partial charge in [-0.3, -0.25) is 4.79 Å². The van der Waals surface area contributed by atoms with Crippen LogP contribution in [0.4, 0.5) is 4.79 Å². The molecule has 7 heteroatoms. The highest BCUT2D eigenvalue weighted by molar-refractivity contribution is 5.77. The van der Waals surface area contributed by atoms with Crippen molar-refractivity contribution in [3.8, 4) is 0 Å². The lowest BCUT2D eigenvalue weighted by molar-refractivity contribution is -0.142. The molecule has 2 rings (SSSR count). The van der Waals surface area contributed by atoms with E-state index < -0.39 is 17.9 Å². The third kappa shape index (κ3) is 3.16. The number of hydrogen-bond acceptors (Lipinski definition) is 4. The zero-order valence-electron chi connectivity index (χ0n) is 11.2. The summed E-state index contributed by atoms with van der Waals surface area (Å²) in [5.41, 5.74) is 0. The molecule has 0 aromatic heterocycles. The summed E-state index contributed by atoms with van der Waals surface area (Å²) in [5.74, 6) is -1.61. The second-order valence-corrected chi connectivity index (χ2v) is 5.18. The second kappa shape index (κ2) is 5.75. The number of hydrogen-bond donors (Lipinski definition) is 2. The fraction of sp³-hybridized carbons (Fsp3) is 0.833. The summed E-state index contributed by atoms with van der Waals surface area (Å²) in [6.07, 6.45) is -0.00273. The summed E-state index contributed by atoms with van der Waals surface area (Å²) in [4.78, 5) is 24.9. The summed E-state index contributed by atoms with van der Waals surface area (Å²) < 4.78 is 10.6. The number of amides is 2. The third-order valence-corrected chi connectivity index (χ3v) is 3.58. The number of nitrogens with zero attached hydrogens (tertiary/aromatic N) is 1. The number of aliphatic carboxylic acids is 1. The molecule has 7 nitrogen and oxygen atoms in total. The molecule has 0 spiro atoms. The fourth-order valence-electron chi connectivity index (χ4n) is 2.37. The Morgan fingerprint density at radius 1 is 1.26 bits per heavy atom. The van der Waals surface area contributed by atoms with E-state index in [1.54, 1.807) is 4.90 Å². The first-order chi connectivity index (χ1) is 8.99. The van der Waals surface area contributed by atoms with Gasteiger partial charge in [-0.05, 0) is 13.8 Å². The van der Waals surface area contributed by atoms with E-state index in [1.165, 1.54) is 0 Å². The molecule has 108 valence electrons. The van der Waals surface area contributed by atoms with Gasteiger partial charge in [0.05, 0.1) is 38.0 Å². The SMILES string of the molecule is CC1CN(C(=O)NC2COCC2C(=O)O)C(C)CO1. The molecule has 2 fully saturated rings. The molecule has 4 unspecified atom stereocenters. The molecule has 19 heavy (non-hydrogen) atoms. The number of ether oxygens (including phenoxy) is 2. The molecule has 2 N–H and O–H groups in total. The van der Waals surface area contributed by atoms with Crippen LogP contribution < -0.4 is 5.32 Å². The fourth-order valence-corrected chi connectivity index (χ4v) is 2.37. The van der Waals surface area contributed by atoms with Crippen LogP contribution in [0, 0.1) is 5.92 Å². The van der Waals surface area contributed by atoms with Crippen molar-refractivity contribution in [2.45, 2.75) is 32.0 Å². The lowest BCUT2D eigenvalue weighted by Gasteiger charge is -2.37. The molecule has 2 aliphatic heterocycles. The van der Waals surface area contributed by atoms with Gasteiger partial charge in [0, 0.05) is 6.54 Å². The van der Waals surface area contributed by atoms with Crippen LogP contribution in [0.5, 0.6) is 0 Å². The van der Waals surface area contributed by atoms with Gasteiger partial charge in [0.25, 0.3) is 0 Å². The van der Waals surface area contributed by atoms with Crippen molar-refractivity contribution < 1.29 is 24.2 Å². The summed E-state index contributed by atoms with van der Waals surface area (Å²) >= 11 is 0. The zero-order valence-corrected chi connectivity index (χ0v) is 11.2. The van der Waals surface area contributed by atoms with Gasteiger partial charge in [-0.1, -0.05) is 0 Å². The Bertz CT molecular complexity index is 362. The monoisotopic (exact) mass is 272 g/mol. The van der Waals surface area contributed by atoms with E-state index in [4.69, 9.17) is 14.6 Å². The number of nitrogens with one attached hydrogen (secondary N) is 1. The molecule has 0 saturated carbocycles. The number of morpholine rings is 1. The number of carboxylic acids is 1. The van der Waals surface area contributed by atoms with E-state index in [2.05, 4.69) is 5.32 Å². The average Bonchev–Trinajstić information content (AvgIpc) is 2.80. The van der Waals surface area contributed by atoms with Crippen molar-refractivity contribution in [3.05, 3.63) is 0 Å². The van der Waals surface area contributed by atoms with E-state index >= 15 is 0 Å². The molecule has 0 radical (unpaired) electrons. The van der Waals surface area contributed by atoms with Crippen LogP contribution >= 0.6 is 0 Å².